The molecule has 5 rings (SSSR count). The lowest BCUT2D eigenvalue weighted by molar-refractivity contribution is -0.138. The number of aromatic nitrogens is 1. The Bertz CT molecular complexity index is 1210. The summed E-state index contributed by atoms with van der Waals surface area (Å²) in [6.07, 6.45) is 2.19. The second-order valence-electron chi connectivity index (χ2n) is 10.1. The van der Waals surface area contributed by atoms with Crippen LogP contribution < -0.4 is 5.32 Å². The molecule has 190 valence electrons. The first-order valence-electron chi connectivity index (χ1n) is 12.6. The fraction of sp³-hybridized carbons (Fsp3) is 0.429. The third-order valence-corrected chi connectivity index (χ3v) is 7.72. The Balaban J connectivity index is 1.19. The molecule has 2 N–H and O–H groups in total. The van der Waals surface area contributed by atoms with Gasteiger partial charge in [0, 0.05) is 54.8 Å². The first kappa shape index (κ1) is 24.8. The van der Waals surface area contributed by atoms with Crippen molar-refractivity contribution in [3.05, 3.63) is 70.9 Å². The van der Waals surface area contributed by atoms with Gasteiger partial charge in [0.25, 0.3) is 0 Å². The molecular formula is C28H33ClN4O3. The van der Waals surface area contributed by atoms with Crippen molar-refractivity contribution in [1.82, 2.24) is 20.1 Å². The van der Waals surface area contributed by atoms with E-state index in [-0.39, 0.29) is 23.7 Å². The van der Waals surface area contributed by atoms with E-state index in [9.17, 15) is 9.59 Å². The third-order valence-electron chi connectivity index (χ3n) is 7.48. The van der Waals surface area contributed by atoms with E-state index in [1.54, 1.807) is 0 Å². The summed E-state index contributed by atoms with van der Waals surface area (Å²) in [5, 5.41) is 4.73. The van der Waals surface area contributed by atoms with Crippen molar-refractivity contribution in [3.63, 3.8) is 0 Å². The number of hydrogen-bond donors (Lipinski definition) is 2. The van der Waals surface area contributed by atoms with E-state index in [1.165, 1.54) is 0 Å². The smallest absolute Gasteiger partial charge is 0.227 e. The predicted octanol–water partition coefficient (Wildman–Crippen LogP) is 3.33. The number of likely N-dealkylation sites (tertiary alicyclic amines) is 2. The van der Waals surface area contributed by atoms with Gasteiger partial charge < -0.3 is 24.8 Å². The highest BCUT2D eigenvalue weighted by Gasteiger charge is 2.45. The zero-order valence-electron chi connectivity index (χ0n) is 20.6. The highest BCUT2D eigenvalue weighted by atomic mass is 35.5. The summed E-state index contributed by atoms with van der Waals surface area (Å²) >= 11 is 6.10. The topological polar surface area (TPSA) is 77.7 Å². The second kappa shape index (κ2) is 11.0. The lowest BCUT2D eigenvalue weighted by Crippen LogP contribution is -2.53. The summed E-state index contributed by atoms with van der Waals surface area (Å²) in [6, 6.07) is 15.7. The number of ether oxygens (including phenoxy) is 1. The fourth-order valence-electron chi connectivity index (χ4n) is 5.70. The Hall–Kier alpha value is -2.87. The Labute approximate surface area is 216 Å². The number of aromatic amines is 1. The fourth-order valence-corrected chi connectivity index (χ4v) is 5.87. The van der Waals surface area contributed by atoms with Crippen LogP contribution in [0.5, 0.6) is 0 Å². The molecule has 2 fully saturated rings. The second-order valence-corrected chi connectivity index (χ2v) is 10.5. The Morgan fingerprint density at radius 3 is 2.78 bits per heavy atom. The minimum Gasteiger partial charge on any atom is -0.375 e. The van der Waals surface area contributed by atoms with Crippen LogP contribution in [-0.4, -0.2) is 73.0 Å². The Kier molecular flexibility index (Phi) is 7.60. The highest BCUT2D eigenvalue weighted by Crippen LogP contribution is 2.35. The summed E-state index contributed by atoms with van der Waals surface area (Å²) < 4.78 is 5.72. The Morgan fingerprint density at radius 1 is 1.11 bits per heavy atom. The van der Waals surface area contributed by atoms with E-state index in [2.05, 4.69) is 22.2 Å². The van der Waals surface area contributed by atoms with Crippen LogP contribution in [0.1, 0.15) is 11.1 Å². The van der Waals surface area contributed by atoms with Crippen LogP contribution in [0, 0.1) is 17.8 Å². The lowest BCUT2D eigenvalue weighted by atomic mass is 9.79. The molecule has 7 nitrogen and oxygen atoms in total. The molecule has 3 unspecified atom stereocenters. The number of rotatable bonds is 8. The summed E-state index contributed by atoms with van der Waals surface area (Å²) in [7, 11) is 2.09. The minimum atomic E-state index is -0.214. The number of H-pyrrole nitrogens is 1. The van der Waals surface area contributed by atoms with Crippen LogP contribution in [0.15, 0.2) is 54.7 Å². The van der Waals surface area contributed by atoms with Crippen LogP contribution >= 0.6 is 11.6 Å². The molecule has 2 aliphatic rings. The molecule has 36 heavy (non-hydrogen) atoms. The number of nitrogens with zero attached hydrogens (tertiary/aromatic N) is 2. The zero-order chi connectivity index (χ0) is 25.1. The van der Waals surface area contributed by atoms with E-state index in [0.29, 0.717) is 50.2 Å². The molecule has 3 heterocycles. The normalized spacial score (nSPS) is 22.1. The number of carbonyl (C=O) groups is 2. The Morgan fingerprint density at radius 2 is 1.94 bits per heavy atom. The molecule has 3 atom stereocenters. The standard InChI is InChI=1S/C28H33ClN4O3/c1-32-14-21-15-33(27(34)11-20-13-31-26-12-22(29)7-8-23(20)26)17-25(24(21)16-32)28(35)30-9-10-36-18-19-5-3-2-4-6-19/h2-8,12-13,21,24-25,31H,9-11,14-18H2,1H3,(H,30,35). The van der Waals surface area contributed by atoms with E-state index < -0.39 is 0 Å². The minimum absolute atomic E-state index is 0.0165. The van der Waals surface area contributed by atoms with Gasteiger partial charge in [-0.1, -0.05) is 48.0 Å². The number of benzene rings is 2. The van der Waals surface area contributed by atoms with Crippen molar-refractivity contribution < 1.29 is 14.3 Å². The van der Waals surface area contributed by atoms with Crippen LogP contribution in [0.2, 0.25) is 5.02 Å². The summed E-state index contributed by atoms with van der Waals surface area (Å²) in [6.45, 7) is 4.39. The van der Waals surface area contributed by atoms with Crippen molar-refractivity contribution in [2.75, 3.05) is 46.4 Å². The number of nitrogens with one attached hydrogen (secondary N) is 2. The number of amides is 2. The maximum Gasteiger partial charge on any atom is 0.227 e. The van der Waals surface area contributed by atoms with Gasteiger partial charge in [0.1, 0.15) is 0 Å². The van der Waals surface area contributed by atoms with Crippen molar-refractivity contribution in [2.24, 2.45) is 17.8 Å². The first-order chi connectivity index (χ1) is 17.5. The zero-order valence-corrected chi connectivity index (χ0v) is 21.3. The van der Waals surface area contributed by atoms with Crippen molar-refractivity contribution >= 4 is 34.3 Å². The van der Waals surface area contributed by atoms with Gasteiger partial charge in [-0.15, -0.1) is 0 Å². The quantitative estimate of drug-likeness (QED) is 0.457. The monoisotopic (exact) mass is 508 g/mol. The van der Waals surface area contributed by atoms with Gasteiger partial charge in [-0.25, -0.2) is 0 Å². The van der Waals surface area contributed by atoms with Gasteiger partial charge in [0.15, 0.2) is 0 Å². The van der Waals surface area contributed by atoms with E-state index in [1.807, 2.05) is 59.6 Å². The van der Waals surface area contributed by atoms with Gasteiger partial charge >= 0.3 is 0 Å². The van der Waals surface area contributed by atoms with Gasteiger partial charge in [-0.05, 0) is 42.1 Å². The SMILES string of the molecule is CN1CC2CN(C(=O)Cc3c[nH]c4cc(Cl)ccc34)CC(C(=O)NCCOCc3ccccc3)C2C1. The molecule has 0 spiro atoms. The van der Waals surface area contributed by atoms with Crippen LogP contribution in [-0.2, 0) is 27.4 Å². The summed E-state index contributed by atoms with van der Waals surface area (Å²) in [5.74, 6) is 0.429. The molecule has 3 aromatic rings. The van der Waals surface area contributed by atoms with Gasteiger partial charge in [-0.2, -0.15) is 0 Å². The average Bonchev–Trinajstić information content (AvgIpc) is 3.45. The van der Waals surface area contributed by atoms with Gasteiger partial charge in [0.2, 0.25) is 11.8 Å². The number of hydrogen-bond acceptors (Lipinski definition) is 4. The average molecular weight is 509 g/mol. The predicted molar refractivity (Wildman–Crippen MR) is 141 cm³/mol. The van der Waals surface area contributed by atoms with Crippen LogP contribution in [0.4, 0.5) is 0 Å². The van der Waals surface area contributed by atoms with E-state index >= 15 is 0 Å². The van der Waals surface area contributed by atoms with E-state index in [4.69, 9.17) is 16.3 Å². The summed E-state index contributed by atoms with van der Waals surface area (Å²) in [5.41, 5.74) is 2.99. The number of carbonyl (C=O) groups excluding carboxylic acids is 2. The molecule has 0 aliphatic carbocycles. The molecule has 0 saturated carbocycles. The number of piperidine rings is 1. The molecule has 1 aromatic heterocycles. The molecule has 0 radical (unpaired) electrons. The molecule has 0 bridgehead atoms. The number of fused-ring (bicyclic) bond motifs is 2. The molecule has 2 aliphatic heterocycles. The van der Waals surface area contributed by atoms with Gasteiger partial charge in [0.05, 0.1) is 25.6 Å². The van der Waals surface area contributed by atoms with Crippen molar-refractivity contribution in [3.8, 4) is 0 Å². The first-order valence-corrected chi connectivity index (χ1v) is 13.0. The van der Waals surface area contributed by atoms with Crippen molar-refractivity contribution in [2.45, 2.75) is 13.0 Å². The lowest BCUT2D eigenvalue weighted by Gasteiger charge is -2.39. The molecule has 2 saturated heterocycles. The van der Waals surface area contributed by atoms with Gasteiger partial charge in [-0.3, -0.25) is 9.59 Å². The molecular weight excluding hydrogens is 476 g/mol. The largest absolute Gasteiger partial charge is 0.375 e. The maximum absolute atomic E-state index is 13.4. The molecule has 2 amide bonds. The highest BCUT2D eigenvalue weighted by molar-refractivity contribution is 6.31. The number of halogens is 1. The third kappa shape index (κ3) is 5.59. The van der Waals surface area contributed by atoms with Crippen molar-refractivity contribution in [1.29, 1.82) is 0 Å². The maximum atomic E-state index is 13.4. The van der Waals surface area contributed by atoms with E-state index in [0.717, 1.165) is 35.1 Å². The molecule has 8 heteroatoms. The van der Waals surface area contributed by atoms with Crippen LogP contribution in [0.25, 0.3) is 10.9 Å². The summed E-state index contributed by atoms with van der Waals surface area (Å²) in [4.78, 5) is 34.0. The van der Waals surface area contributed by atoms with Crippen LogP contribution in [0.3, 0.4) is 0 Å². The molecule has 2 aromatic carbocycles.